The molecule has 0 aliphatic rings. The molecule has 0 saturated heterocycles. The molecule has 0 atom stereocenters. The van der Waals surface area contributed by atoms with E-state index in [1.807, 2.05) is 12.3 Å². The number of hydrogen-bond donors (Lipinski definition) is 1. The first kappa shape index (κ1) is 12.2. The van der Waals surface area contributed by atoms with Crippen molar-refractivity contribution in [1.82, 2.24) is 19.4 Å². The van der Waals surface area contributed by atoms with E-state index in [1.165, 1.54) is 10.7 Å². The predicted octanol–water partition coefficient (Wildman–Crippen LogP) is 1.31. The zero-order valence-corrected chi connectivity index (χ0v) is 10.5. The van der Waals surface area contributed by atoms with Crippen molar-refractivity contribution >= 4 is 11.5 Å². The molecule has 7 heteroatoms. The number of aromatic carboxylic acids is 1. The van der Waals surface area contributed by atoms with E-state index in [-0.39, 0.29) is 5.56 Å². The summed E-state index contributed by atoms with van der Waals surface area (Å²) in [5.41, 5.74) is 0.713. The minimum atomic E-state index is -0.993. The molecule has 0 aliphatic carbocycles. The summed E-state index contributed by atoms with van der Waals surface area (Å²) in [5.74, 6) is -0.364. The van der Waals surface area contributed by atoms with Crippen LogP contribution in [0.25, 0.3) is 5.52 Å². The molecule has 3 aromatic heterocycles. The van der Waals surface area contributed by atoms with Crippen LogP contribution in [0.5, 0.6) is 5.75 Å². The molecule has 0 amide bonds. The van der Waals surface area contributed by atoms with E-state index in [4.69, 9.17) is 9.84 Å². The van der Waals surface area contributed by atoms with Gasteiger partial charge in [-0.25, -0.2) is 9.31 Å². The van der Waals surface area contributed by atoms with Crippen molar-refractivity contribution in [1.29, 1.82) is 0 Å². The largest absolute Gasteiger partial charge is 0.490 e. The number of fused-ring (bicyclic) bond motifs is 1. The number of hydrogen-bond acceptors (Lipinski definition) is 4. The van der Waals surface area contributed by atoms with Crippen molar-refractivity contribution < 1.29 is 14.6 Å². The van der Waals surface area contributed by atoms with Gasteiger partial charge in [0.25, 0.3) is 0 Å². The molecule has 0 fully saturated rings. The number of carboxylic acid groups (broad SMARTS) is 1. The lowest BCUT2D eigenvalue weighted by molar-refractivity contribution is 0.0699. The highest BCUT2D eigenvalue weighted by Gasteiger charge is 2.11. The third-order valence-electron chi connectivity index (χ3n) is 2.87. The Morgan fingerprint density at radius 3 is 3.00 bits per heavy atom. The molecule has 0 bridgehead atoms. The molecule has 0 saturated carbocycles. The van der Waals surface area contributed by atoms with Gasteiger partial charge in [-0.3, -0.25) is 4.68 Å². The molecule has 1 N–H and O–H groups in total. The zero-order valence-electron chi connectivity index (χ0n) is 10.5. The molecule has 7 nitrogen and oxygen atoms in total. The molecule has 3 rings (SSSR count). The maximum absolute atomic E-state index is 11.0. The Balaban J connectivity index is 1.71. The second kappa shape index (κ2) is 5.04. The maximum Gasteiger partial charge on any atom is 0.339 e. The highest BCUT2D eigenvalue weighted by Crippen LogP contribution is 2.16. The molecule has 3 heterocycles. The quantitative estimate of drug-likeness (QED) is 0.757. The predicted molar refractivity (Wildman–Crippen MR) is 69.9 cm³/mol. The molecule has 3 aromatic rings. The van der Waals surface area contributed by atoms with Gasteiger partial charge in [-0.2, -0.15) is 10.2 Å². The number of carboxylic acids is 1. The van der Waals surface area contributed by atoms with Crippen LogP contribution >= 0.6 is 0 Å². The number of carbonyl (C=O) groups is 1. The Kier molecular flexibility index (Phi) is 3.08. The van der Waals surface area contributed by atoms with Crippen LogP contribution in [0, 0.1) is 0 Å². The third-order valence-corrected chi connectivity index (χ3v) is 2.87. The Hall–Kier alpha value is -2.83. The van der Waals surface area contributed by atoms with Crippen LogP contribution in [0.4, 0.5) is 0 Å². The molecular formula is C13H12N4O3. The van der Waals surface area contributed by atoms with E-state index in [0.717, 1.165) is 0 Å². The molecule has 102 valence electrons. The van der Waals surface area contributed by atoms with Crippen LogP contribution in [0.1, 0.15) is 10.4 Å². The topological polar surface area (TPSA) is 81.6 Å². The smallest absolute Gasteiger partial charge is 0.339 e. The molecule has 0 aliphatic heterocycles. The summed E-state index contributed by atoms with van der Waals surface area (Å²) in [6.07, 6.45) is 6.55. The van der Waals surface area contributed by atoms with Gasteiger partial charge in [0.05, 0.1) is 24.5 Å². The Labute approximate surface area is 114 Å². The summed E-state index contributed by atoms with van der Waals surface area (Å²) in [7, 11) is 0. The molecule has 20 heavy (non-hydrogen) atoms. The fourth-order valence-corrected chi connectivity index (χ4v) is 1.91. The molecule has 0 spiro atoms. The third kappa shape index (κ3) is 2.33. The van der Waals surface area contributed by atoms with Crippen molar-refractivity contribution in [2.24, 2.45) is 0 Å². The fraction of sp³-hybridized carbons (Fsp3) is 0.154. The lowest BCUT2D eigenvalue weighted by Gasteiger charge is -2.06. The van der Waals surface area contributed by atoms with Crippen molar-refractivity contribution in [2.45, 2.75) is 6.54 Å². The van der Waals surface area contributed by atoms with Gasteiger partial charge in [0.1, 0.15) is 17.9 Å². The number of rotatable bonds is 5. The lowest BCUT2D eigenvalue weighted by atomic mass is 10.2. The first-order valence-corrected chi connectivity index (χ1v) is 6.05. The number of aromatic nitrogens is 4. The average molecular weight is 272 g/mol. The van der Waals surface area contributed by atoms with Crippen LogP contribution < -0.4 is 4.74 Å². The summed E-state index contributed by atoms with van der Waals surface area (Å²) in [6, 6.07) is 5.26. The van der Waals surface area contributed by atoms with Gasteiger partial charge in [-0.15, -0.1) is 0 Å². The van der Waals surface area contributed by atoms with Gasteiger partial charge in [-0.05, 0) is 18.2 Å². The van der Waals surface area contributed by atoms with E-state index in [2.05, 4.69) is 10.2 Å². The van der Waals surface area contributed by atoms with Crippen LogP contribution in [-0.4, -0.2) is 37.1 Å². The van der Waals surface area contributed by atoms with E-state index < -0.39 is 5.97 Å². The van der Waals surface area contributed by atoms with E-state index in [9.17, 15) is 4.79 Å². The highest BCUT2D eigenvalue weighted by molar-refractivity contribution is 5.95. The van der Waals surface area contributed by atoms with Crippen molar-refractivity contribution in [3.63, 3.8) is 0 Å². The zero-order chi connectivity index (χ0) is 13.9. The Morgan fingerprint density at radius 1 is 1.35 bits per heavy atom. The minimum Gasteiger partial charge on any atom is -0.490 e. The summed E-state index contributed by atoms with van der Waals surface area (Å²) < 4.78 is 8.85. The Bertz CT molecular complexity index is 733. The lowest BCUT2D eigenvalue weighted by Crippen LogP contribution is -2.08. The first-order chi connectivity index (χ1) is 9.74. The maximum atomic E-state index is 11.0. The number of nitrogens with zero attached hydrogens (tertiary/aromatic N) is 4. The first-order valence-electron chi connectivity index (χ1n) is 6.05. The van der Waals surface area contributed by atoms with Gasteiger partial charge in [0, 0.05) is 12.4 Å². The van der Waals surface area contributed by atoms with Crippen molar-refractivity contribution in [3.05, 3.63) is 48.5 Å². The second-order valence-electron chi connectivity index (χ2n) is 4.18. The monoisotopic (exact) mass is 272 g/mol. The van der Waals surface area contributed by atoms with Crippen LogP contribution in [-0.2, 0) is 6.54 Å². The summed E-state index contributed by atoms with van der Waals surface area (Å²) >= 11 is 0. The van der Waals surface area contributed by atoms with Crippen LogP contribution in [0.15, 0.2) is 43.0 Å². The van der Waals surface area contributed by atoms with Crippen molar-refractivity contribution in [2.75, 3.05) is 6.61 Å². The van der Waals surface area contributed by atoms with Gasteiger partial charge >= 0.3 is 5.97 Å². The van der Waals surface area contributed by atoms with E-state index in [0.29, 0.717) is 24.4 Å². The van der Waals surface area contributed by atoms with E-state index in [1.54, 1.807) is 29.2 Å². The van der Waals surface area contributed by atoms with Crippen molar-refractivity contribution in [3.8, 4) is 5.75 Å². The molecule has 0 unspecified atom stereocenters. The van der Waals surface area contributed by atoms with Crippen LogP contribution in [0.3, 0.4) is 0 Å². The molecule has 0 radical (unpaired) electrons. The summed E-state index contributed by atoms with van der Waals surface area (Å²) in [5, 5.41) is 17.1. The van der Waals surface area contributed by atoms with Gasteiger partial charge in [-0.1, -0.05) is 0 Å². The SMILES string of the molecule is O=C(O)c1cnn2cc(OCCn3cccn3)ccc12. The number of pyridine rings is 1. The fourth-order valence-electron chi connectivity index (χ4n) is 1.91. The van der Waals surface area contributed by atoms with E-state index >= 15 is 0 Å². The van der Waals surface area contributed by atoms with Gasteiger partial charge < -0.3 is 9.84 Å². The standard InChI is InChI=1S/C13H12N4O3/c18-13(19)11-8-15-17-9-10(2-3-12(11)17)20-7-6-16-5-1-4-14-16/h1-5,8-9H,6-7H2,(H,18,19). The highest BCUT2D eigenvalue weighted by atomic mass is 16.5. The Morgan fingerprint density at radius 2 is 2.25 bits per heavy atom. The van der Waals surface area contributed by atoms with Gasteiger partial charge in [0.15, 0.2) is 0 Å². The summed E-state index contributed by atoms with van der Waals surface area (Å²) in [6.45, 7) is 1.12. The van der Waals surface area contributed by atoms with Gasteiger partial charge in [0.2, 0.25) is 0 Å². The molecule has 0 aromatic carbocycles. The summed E-state index contributed by atoms with van der Waals surface area (Å²) in [4.78, 5) is 11.0. The minimum absolute atomic E-state index is 0.174. The second-order valence-corrected chi connectivity index (χ2v) is 4.18. The number of ether oxygens (including phenoxy) is 1. The normalized spacial score (nSPS) is 10.8. The van der Waals surface area contributed by atoms with Crippen LogP contribution in [0.2, 0.25) is 0 Å². The molecular weight excluding hydrogens is 260 g/mol. The average Bonchev–Trinajstić information content (AvgIpc) is 3.06.